The van der Waals surface area contributed by atoms with Crippen molar-refractivity contribution in [2.24, 2.45) is 0 Å². The predicted octanol–water partition coefficient (Wildman–Crippen LogP) is 4.65. The molecule has 5 nitrogen and oxygen atoms in total. The third-order valence-electron chi connectivity index (χ3n) is 3.82. The fraction of sp³-hybridized carbons (Fsp3) is 0.227. The third kappa shape index (κ3) is 5.64. The summed E-state index contributed by atoms with van der Waals surface area (Å²) in [5.74, 6) is 1.28. The number of ketones is 1. The Bertz CT molecular complexity index is 837. The van der Waals surface area contributed by atoms with E-state index in [0.29, 0.717) is 23.9 Å². The van der Waals surface area contributed by atoms with Crippen molar-refractivity contribution in [1.82, 2.24) is 0 Å². The maximum Gasteiger partial charge on any atom is 0.189 e. The van der Waals surface area contributed by atoms with E-state index in [1.165, 1.54) is 12.1 Å². The fourth-order valence-corrected chi connectivity index (χ4v) is 2.41. The number of carbonyl (C=O) groups excluding carboxylic acids is 1. The van der Waals surface area contributed by atoms with E-state index >= 15 is 0 Å². The maximum absolute atomic E-state index is 12.4. The summed E-state index contributed by atoms with van der Waals surface area (Å²) in [4.78, 5) is 12.4. The van der Waals surface area contributed by atoms with Gasteiger partial charge in [-0.15, -0.1) is 0 Å². The molecule has 142 valence electrons. The van der Waals surface area contributed by atoms with Crippen LogP contribution in [0, 0.1) is 0 Å². The van der Waals surface area contributed by atoms with Crippen LogP contribution in [0.3, 0.4) is 0 Å². The SMILES string of the molecule is CC/C=C/COc1ccc(C(=O)/C=C/c2ccc(OC)c(OC)c2)c(O)c1. The highest BCUT2D eigenvalue weighted by molar-refractivity contribution is 6.08. The number of methoxy groups -OCH3 is 2. The van der Waals surface area contributed by atoms with Gasteiger partial charge in [0.1, 0.15) is 18.1 Å². The van der Waals surface area contributed by atoms with Crippen molar-refractivity contribution in [1.29, 1.82) is 0 Å². The van der Waals surface area contributed by atoms with Crippen LogP contribution in [0.5, 0.6) is 23.0 Å². The lowest BCUT2D eigenvalue weighted by Crippen LogP contribution is -1.97. The first-order chi connectivity index (χ1) is 13.1. The van der Waals surface area contributed by atoms with E-state index in [4.69, 9.17) is 14.2 Å². The summed E-state index contributed by atoms with van der Waals surface area (Å²) in [7, 11) is 3.11. The molecule has 0 aliphatic heterocycles. The minimum absolute atomic E-state index is 0.117. The number of hydrogen-bond donors (Lipinski definition) is 1. The van der Waals surface area contributed by atoms with E-state index < -0.39 is 0 Å². The first-order valence-electron chi connectivity index (χ1n) is 8.64. The van der Waals surface area contributed by atoms with Crippen LogP contribution in [0.4, 0.5) is 0 Å². The number of phenols is 1. The molecule has 2 aromatic rings. The Morgan fingerprint density at radius 2 is 1.81 bits per heavy atom. The lowest BCUT2D eigenvalue weighted by Gasteiger charge is -2.08. The van der Waals surface area contributed by atoms with E-state index in [9.17, 15) is 9.90 Å². The Kier molecular flexibility index (Phi) is 7.49. The molecule has 27 heavy (non-hydrogen) atoms. The first kappa shape index (κ1) is 20.1. The molecule has 0 saturated carbocycles. The molecular formula is C22H24O5. The van der Waals surface area contributed by atoms with Gasteiger partial charge in [-0.1, -0.05) is 31.2 Å². The van der Waals surface area contributed by atoms with Crippen LogP contribution >= 0.6 is 0 Å². The van der Waals surface area contributed by atoms with Crippen molar-refractivity contribution in [2.75, 3.05) is 20.8 Å². The van der Waals surface area contributed by atoms with Gasteiger partial charge in [-0.25, -0.2) is 0 Å². The number of ether oxygens (including phenoxy) is 3. The van der Waals surface area contributed by atoms with Gasteiger partial charge in [-0.05, 0) is 42.3 Å². The molecule has 0 fully saturated rings. The van der Waals surface area contributed by atoms with Gasteiger partial charge in [0.15, 0.2) is 17.3 Å². The smallest absolute Gasteiger partial charge is 0.189 e. The molecular weight excluding hydrogens is 344 g/mol. The standard InChI is InChI=1S/C22H24O5/c1-4-5-6-13-27-17-9-10-18(20(24)15-17)19(23)11-7-16-8-12-21(25-2)22(14-16)26-3/h5-12,14-15,24H,4,13H2,1-3H3/b6-5+,11-7+. The molecule has 0 heterocycles. The summed E-state index contributed by atoms with van der Waals surface area (Å²) in [6.45, 7) is 2.46. The first-order valence-corrected chi connectivity index (χ1v) is 8.64. The summed E-state index contributed by atoms with van der Waals surface area (Å²) in [6, 6.07) is 10.00. The molecule has 0 atom stereocenters. The summed E-state index contributed by atoms with van der Waals surface area (Å²) < 4.78 is 15.9. The zero-order valence-corrected chi connectivity index (χ0v) is 15.8. The fourth-order valence-electron chi connectivity index (χ4n) is 2.41. The molecule has 2 rings (SSSR count). The third-order valence-corrected chi connectivity index (χ3v) is 3.82. The Morgan fingerprint density at radius 1 is 1.04 bits per heavy atom. The highest BCUT2D eigenvalue weighted by Gasteiger charge is 2.10. The van der Waals surface area contributed by atoms with E-state index in [0.717, 1.165) is 12.0 Å². The van der Waals surface area contributed by atoms with Crippen molar-refractivity contribution in [3.8, 4) is 23.0 Å². The molecule has 0 unspecified atom stereocenters. The van der Waals surface area contributed by atoms with E-state index in [2.05, 4.69) is 0 Å². The van der Waals surface area contributed by atoms with Crippen LogP contribution in [0.25, 0.3) is 6.08 Å². The number of aromatic hydroxyl groups is 1. The molecule has 2 aromatic carbocycles. The molecule has 0 spiro atoms. The molecule has 0 aliphatic carbocycles. The zero-order chi connectivity index (χ0) is 19.6. The largest absolute Gasteiger partial charge is 0.507 e. The molecule has 1 N–H and O–H groups in total. The van der Waals surface area contributed by atoms with Gasteiger partial charge in [-0.3, -0.25) is 4.79 Å². The van der Waals surface area contributed by atoms with Gasteiger partial charge in [0.25, 0.3) is 0 Å². The minimum Gasteiger partial charge on any atom is -0.507 e. The van der Waals surface area contributed by atoms with Gasteiger partial charge in [-0.2, -0.15) is 0 Å². The van der Waals surface area contributed by atoms with E-state index in [1.54, 1.807) is 44.6 Å². The van der Waals surface area contributed by atoms with Crippen molar-refractivity contribution in [3.05, 3.63) is 65.8 Å². The van der Waals surface area contributed by atoms with Crippen molar-refractivity contribution in [2.45, 2.75) is 13.3 Å². The van der Waals surface area contributed by atoms with Gasteiger partial charge in [0.2, 0.25) is 0 Å². The number of carbonyl (C=O) groups is 1. The number of phenolic OH excluding ortho intramolecular Hbond substituents is 1. The average molecular weight is 368 g/mol. The second-order valence-electron chi connectivity index (χ2n) is 5.68. The number of rotatable bonds is 9. The second-order valence-corrected chi connectivity index (χ2v) is 5.68. The zero-order valence-electron chi connectivity index (χ0n) is 15.8. The summed E-state index contributed by atoms with van der Waals surface area (Å²) in [5.41, 5.74) is 0.992. The van der Waals surface area contributed by atoms with Gasteiger partial charge in [0.05, 0.1) is 19.8 Å². The van der Waals surface area contributed by atoms with Gasteiger partial charge in [0, 0.05) is 6.07 Å². The topological polar surface area (TPSA) is 65.0 Å². The van der Waals surface area contributed by atoms with Crippen LogP contribution in [-0.2, 0) is 0 Å². The lowest BCUT2D eigenvalue weighted by atomic mass is 10.1. The minimum atomic E-state index is -0.306. The van der Waals surface area contributed by atoms with Crippen molar-refractivity contribution >= 4 is 11.9 Å². The van der Waals surface area contributed by atoms with Gasteiger partial charge < -0.3 is 19.3 Å². The number of allylic oxidation sites excluding steroid dienone is 2. The number of hydrogen-bond acceptors (Lipinski definition) is 5. The Balaban J connectivity index is 2.09. The van der Waals surface area contributed by atoms with Crippen LogP contribution in [0.1, 0.15) is 29.3 Å². The monoisotopic (exact) mass is 368 g/mol. The molecule has 0 aliphatic rings. The highest BCUT2D eigenvalue weighted by atomic mass is 16.5. The van der Waals surface area contributed by atoms with Crippen LogP contribution in [0.2, 0.25) is 0 Å². The quantitative estimate of drug-likeness (QED) is 0.396. The number of benzene rings is 2. The summed E-state index contributed by atoms with van der Waals surface area (Å²) in [5, 5.41) is 10.1. The highest BCUT2D eigenvalue weighted by Crippen LogP contribution is 2.28. The molecule has 0 radical (unpaired) electrons. The Hall–Kier alpha value is -3.21. The van der Waals surface area contributed by atoms with Crippen molar-refractivity contribution in [3.63, 3.8) is 0 Å². The molecule has 0 amide bonds. The van der Waals surface area contributed by atoms with Crippen LogP contribution in [-0.4, -0.2) is 31.7 Å². The van der Waals surface area contributed by atoms with E-state index in [-0.39, 0.29) is 17.1 Å². The normalized spacial score (nSPS) is 11.1. The van der Waals surface area contributed by atoms with Crippen LogP contribution in [0.15, 0.2) is 54.6 Å². The molecule has 0 saturated heterocycles. The summed E-state index contributed by atoms with van der Waals surface area (Å²) >= 11 is 0. The van der Waals surface area contributed by atoms with Gasteiger partial charge >= 0.3 is 0 Å². The van der Waals surface area contributed by atoms with E-state index in [1.807, 2.05) is 25.1 Å². The second kappa shape index (κ2) is 10.1. The van der Waals surface area contributed by atoms with Crippen molar-refractivity contribution < 1.29 is 24.1 Å². The molecule has 5 heteroatoms. The molecule has 0 bridgehead atoms. The van der Waals surface area contributed by atoms with Crippen LogP contribution < -0.4 is 14.2 Å². The lowest BCUT2D eigenvalue weighted by molar-refractivity contribution is 0.104. The maximum atomic E-state index is 12.4. The Morgan fingerprint density at radius 3 is 2.48 bits per heavy atom. The molecule has 0 aromatic heterocycles. The predicted molar refractivity (Wildman–Crippen MR) is 106 cm³/mol. The average Bonchev–Trinajstić information content (AvgIpc) is 2.69. The summed E-state index contributed by atoms with van der Waals surface area (Å²) in [6.07, 6.45) is 7.90. The Labute approximate surface area is 159 Å².